The SMILES string of the molecule is CNc1cc(Nc2ccc(I)cc2Cl)cc([N+](=O)[O-])c1. The van der Waals surface area contributed by atoms with Gasteiger partial charge in [-0.2, -0.15) is 0 Å². The van der Waals surface area contributed by atoms with Gasteiger partial charge in [-0.3, -0.25) is 10.1 Å². The predicted octanol–water partition coefficient (Wildman–Crippen LogP) is 4.64. The van der Waals surface area contributed by atoms with Crippen LogP contribution in [0.5, 0.6) is 0 Å². The second-order valence-electron chi connectivity index (χ2n) is 4.02. The maximum absolute atomic E-state index is 10.9. The molecule has 2 N–H and O–H groups in total. The second kappa shape index (κ2) is 6.27. The van der Waals surface area contributed by atoms with Crippen molar-refractivity contribution in [3.05, 3.63) is 55.1 Å². The zero-order valence-electron chi connectivity index (χ0n) is 10.5. The minimum atomic E-state index is -0.429. The van der Waals surface area contributed by atoms with Crippen LogP contribution in [-0.4, -0.2) is 12.0 Å². The number of nitrogens with one attached hydrogen (secondary N) is 2. The Morgan fingerprint density at radius 3 is 2.50 bits per heavy atom. The molecule has 0 saturated heterocycles. The Hall–Kier alpha value is -1.54. The molecule has 0 bridgehead atoms. The summed E-state index contributed by atoms with van der Waals surface area (Å²) in [5.41, 5.74) is 1.98. The highest BCUT2D eigenvalue weighted by Crippen LogP contribution is 2.30. The van der Waals surface area contributed by atoms with E-state index >= 15 is 0 Å². The Morgan fingerprint density at radius 2 is 1.90 bits per heavy atom. The molecule has 0 radical (unpaired) electrons. The van der Waals surface area contributed by atoms with Crippen LogP contribution in [0, 0.1) is 13.7 Å². The number of nitrogens with zero attached hydrogens (tertiary/aromatic N) is 1. The van der Waals surface area contributed by atoms with Gasteiger partial charge in [0.15, 0.2) is 0 Å². The molecule has 7 heteroatoms. The maximum Gasteiger partial charge on any atom is 0.273 e. The molecule has 0 amide bonds. The van der Waals surface area contributed by atoms with Crippen molar-refractivity contribution >= 4 is 56.9 Å². The number of hydrogen-bond donors (Lipinski definition) is 2. The first-order valence-corrected chi connectivity index (χ1v) is 7.14. The summed E-state index contributed by atoms with van der Waals surface area (Å²) in [6.07, 6.45) is 0. The Morgan fingerprint density at radius 1 is 1.20 bits per heavy atom. The molecule has 0 spiro atoms. The van der Waals surface area contributed by atoms with Gasteiger partial charge in [-0.05, 0) is 46.9 Å². The highest BCUT2D eigenvalue weighted by molar-refractivity contribution is 14.1. The van der Waals surface area contributed by atoms with Crippen LogP contribution < -0.4 is 10.6 Å². The van der Waals surface area contributed by atoms with E-state index in [4.69, 9.17) is 11.6 Å². The summed E-state index contributed by atoms with van der Waals surface area (Å²) in [6.45, 7) is 0. The van der Waals surface area contributed by atoms with Crippen LogP contribution in [0.3, 0.4) is 0 Å². The highest BCUT2D eigenvalue weighted by Gasteiger charge is 2.10. The van der Waals surface area contributed by atoms with Gasteiger partial charge in [-0.25, -0.2) is 0 Å². The number of nitro groups is 1. The van der Waals surface area contributed by atoms with Gasteiger partial charge in [0.05, 0.1) is 15.6 Å². The first-order valence-electron chi connectivity index (χ1n) is 5.69. The van der Waals surface area contributed by atoms with E-state index in [0.29, 0.717) is 22.1 Å². The Bertz CT molecular complexity index is 664. The molecular formula is C13H11ClIN3O2. The molecule has 0 aromatic heterocycles. The molecule has 20 heavy (non-hydrogen) atoms. The fourth-order valence-electron chi connectivity index (χ4n) is 1.68. The maximum atomic E-state index is 10.9. The first kappa shape index (κ1) is 14.9. The van der Waals surface area contributed by atoms with Crippen molar-refractivity contribution in [3.63, 3.8) is 0 Å². The van der Waals surface area contributed by atoms with E-state index in [2.05, 4.69) is 33.2 Å². The lowest BCUT2D eigenvalue weighted by Gasteiger charge is -2.10. The summed E-state index contributed by atoms with van der Waals surface area (Å²) in [5.74, 6) is 0. The summed E-state index contributed by atoms with van der Waals surface area (Å²) < 4.78 is 1.02. The van der Waals surface area contributed by atoms with E-state index in [-0.39, 0.29) is 5.69 Å². The topological polar surface area (TPSA) is 67.2 Å². The minimum absolute atomic E-state index is 0.0148. The molecule has 0 atom stereocenters. The minimum Gasteiger partial charge on any atom is -0.388 e. The number of halogens is 2. The van der Waals surface area contributed by atoms with Crippen molar-refractivity contribution in [2.24, 2.45) is 0 Å². The third kappa shape index (κ3) is 3.51. The molecule has 0 aliphatic carbocycles. The van der Waals surface area contributed by atoms with Gasteiger partial charge in [0.1, 0.15) is 0 Å². The Labute approximate surface area is 134 Å². The summed E-state index contributed by atoms with van der Waals surface area (Å²) in [6, 6.07) is 10.3. The Balaban J connectivity index is 2.37. The average molecular weight is 404 g/mol. The molecule has 2 aromatic carbocycles. The van der Waals surface area contributed by atoms with Crippen LogP contribution >= 0.6 is 34.2 Å². The second-order valence-corrected chi connectivity index (χ2v) is 5.68. The largest absolute Gasteiger partial charge is 0.388 e. The van der Waals surface area contributed by atoms with Crippen molar-refractivity contribution in [2.45, 2.75) is 0 Å². The molecule has 104 valence electrons. The van der Waals surface area contributed by atoms with Crippen LogP contribution in [-0.2, 0) is 0 Å². The molecule has 0 saturated carbocycles. The van der Waals surface area contributed by atoms with E-state index in [1.54, 1.807) is 13.1 Å². The molecule has 0 heterocycles. The van der Waals surface area contributed by atoms with Gasteiger partial charge in [-0.15, -0.1) is 0 Å². The zero-order valence-corrected chi connectivity index (χ0v) is 13.4. The number of non-ortho nitro benzene ring substituents is 1. The highest BCUT2D eigenvalue weighted by atomic mass is 127. The summed E-state index contributed by atoms with van der Waals surface area (Å²) >= 11 is 8.31. The van der Waals surface area contributed by atoms with Crippen molar-refractivity contribution in [1.82, 2.24) is 0 Å². The lowest BCUT2D eigenvalue weighted by Crippen LogP contribution is -1.97. The quantitative estimate of drug-likeness (QED) is 0.443. The van der Waals surface area contributed by atoms with Crippen molar-refractivity contribution in [2.75, 3.05) is 17.7 Å². The van der Waals surface area contributed by atoms with E-state index in [1.807, 2.05) is 18.2 Å². The number of hydrogen-bond acceptors (Lipinski definition) is 4. The van der Waals surface area contributed by atoms with Gasteiger partial charge in [0.2, 0.25) is 0 Å². The summed E-state index contributed by atoms with van der Waals surface area (Å²) in [4.78, 5) is 10.5. The van der Waals surface area contributed by atoms with Crippen LogP contribution in [0.2, 0.25) is 5.02 Å². The number of rotatable bonds is 4. The predicted molar refractivity (Wildman–Crippen MR) is 90.1 cm³/mol. The normalized spacial score (nSPS) is 10.2. The molecule has 2 aromatic rings. The monoisotopic (exact) mass is 403 g/mol. The van der Waals surface area contributed by atoms with Crippen molar-refractivity contribution in [3.8, 4) is 0 Å². The van der Waals surface area contributed by atoms with E-state index in [9.17, 15) is 10.1 Å². The number of benzene rings is 2. The van der Waals surface area contributed by atoms with Gasteiger partial charge in [0, 0.05) is 34.1 Å². The first-order chi connectivity index (χ1) is 9.49. The third-order valence-electron chi connectivity index (χ3n) is 2.63. The third-order valence-corrected chi connectivity index (χ3v) is 3.61. The van der Waals surface area contributed by atoms with Crippen molar-refractivity contribution < 1.29 is 4.92 Å². The number of nitro benzene ring substituents is 1. The molecule has 0 aliphatic rings. The van der Waals surface area contributed by atoms with Gasteiger partial charge in [0.25, 0.3) is 5.69 Å². The van der Waals surface area contributed by atoms with Crippen LogP contribution in [0.15, 0.2) is 36.4 Å². The van der Waals surface area contributed by atoms with Crippen molar-refractivity contribution in [1.29, 1.82) is 0 Å². The molecule has 0 aliphatic heterocycles. The smallest absolute Gasteiger partial charge is 0.273 e. The van der Waals surface area contributed by atoms with Crippen LogP contribution in [0.25, 0.3) is 0 Å². The standard InChI is InChI=1S/C13H11ClIN3O2/c1-16-9-5-10(7-11(6-9)18(19)20)17-13-3-2-8(15)4-12(13)14/h2-7,16-17H,1H3. The number of anilines is 3. The van der Waals surface area contributed by atoms with Crippen LogP contribution in [0.1, 0.15) is 0 Å². The van der Waals surface area contributed by atoms with E-state index in [0.717, 1.165) is 3.57 Å². The lowest BCUT2D eigenvalue weighted by molar-refractivity contribution is -0.384. The average Bonchev–Trinajstić information content (AvgIpc) is 2.41. The Kier molecular flexibility index (Phi) is 4.66. The molecular weight excluding hydrogens is 393 g/mol. The molecule has 0 unspecified atom stereocenters. The van der Waals surface area contributed by atoms with E-state index in [1.165, 1.54) is 12.1 Å². The fraction of sp³-hybridized carbons (Fsp3) is 0.0769. The van der Waals surface area contributed by atoms with Crippen LogP contribution in [0.4, 0.5) is 22.7 Å². The fourth-order valence-corrected chi connectivity index (χ4v) is 2.58. The lowest BCUT2D eigenvalue weighted by atomic mass is 10.2. The summed E-state index contributed by atoms with van der Waals surface area (Å²) in [5, 5.41) is 17.5. The van der Waals surface area contributed by atoms with Gasteiger partial charge >= 0.3 is 0 Å². The van der Waals surface area contributed by atoms with Gasteiger partial charge < -0.3 is 10.6 Å². The van der Waals surface area contributed by atoms with Gasteiger partial charge in [-0.1, -0.05) is 11.6 Å². The molecule has 2 rings (SSSR count). The van der Waals surface area contributed by atoms with E-state index < -0.39 is 4.92 Å². The molecule has 5 nitrogen and oxygen atoms in total. The molecule has 0 fully saturated rings. The zero-order chi connectivity index (χ0) is 14.7. The summed E-state index contributed by atoms with van der Waals surface area (Å²) in [7, 11) is 1.71.